The largest absolute Gasteiger partial charge is 0.356 e. The van der Waals surface area contributed by atoms with Crippen LogP contribution in [0.25, 0.3) is 0 Å². The number of carbonyl (C=O) groups is 1. The van der Waals surface area contributed by atoms with Crippen molar-refractivity contribution >= 4 is 45.2 Å². The van der Waals surface area contributed by atoms with Crippen molar-refractivity contribution in [2.75, 3.05) is 30.0 Å². The van der Waals surface area contributed by atoms with Gasteiger partial charge in [0.15, 0.2) is 14.6 Å². The number of carbonyl (C=O) groups excluding carboxylic acids is 1. The maximum absolute atomic E-state index is 12.8. The van der Waals surface area contributed by atoms with Gasteiger partial charge >= 0.3 is 0 Å². The van der Waals surface area contributed by atoms with Gasteiger partial charge in [-0.05, 0) is 62.3 Å². The van der Waals surface area contributed by atoms with Gasteiger partial charge in [0.1, 0.15) is 0 Å². The molecule has 6 nitrogen and oxygen atoms in total. The van der Waals surface area contributed by atoms with E-state index in [2.05, 4.69) is 16.0 Å². The first-order chi connectivity index (χ1) is 12.4. The minimum absolute atomic E-state index is 0. The molecule has 1 aliphatic rings. The highest BCUT2D eigenvalue weighted by Gasteiger charge is 2.48. The van der Waals surface area contributed by atoms with Crippen molar-refractivity contribution in [3.8, 4) is 0 Å². The first-order valence-electron chi connectivity index (χ1n) is 8.55. The topological polar surface area (TPSA) is 87.3 Å². The van der Waals surface area contributed by atoms with Crippen LogP contribution < -0.4 is 16.0 Å². The summed E-state index contributed by atoms with van der Waals surface area (Å²) in [6, 6.07) is 17.0. The van der Waals surface area contributed by atoms with E-state index < -0.39 is 20.5 Å². The predicted octanol–water partition coefficient (Wildman–Crippen LogP) is 2.96. The van der Waals surface area contributed by atoms with Gasteiger partial charge in [0.2, 0.25) is 5.91 Å². The molecule has 3 N–H and O–H groups in total. The van der Waals surface area contributed by atoms with E-state index in [1.165, 1.54) is 0 Å². The van der Waals surface area contributed by atoms with Crippen LogP contribution in [0.1, 0.15) is 12.8 Å². The molecule has 2 aromatic rings. The van der Waals surface area contributed by atoms with Crippen molar-refractivity contribution in [2.45, 2.75) is 17.6 Å². The van der Waals surface area contributed by atoms with Crippen LogP contribution in [0.15, 0.2) is 54.6 Å². The fourth-order valence-electron chi connectivity index (χ4n) is 3.17. The average Bonchev–Trinajstić information content (AvgIpc) is 2.64. The van der Waals surface area contributed by atoms with E-state index in [0.717, 1.165) is 17.6 Å². The Morgan fingerprint density at radius 2 is 1.44 bits per heavy atom. The summed E-state index contributed by atoms with van der Waals surface area (Å²) in [6.07, 6.45) is 1.71. The lowest BCUT2D eigenvalue weighted by Crippen LogP contribution is -2.55. The molecule has 146 valence electrons. The molecule has 0 aliphatic carbocycles. The third-order valence-electron chi connectivity index (χ3n) is 4.74. The van der Waals surface area contributed by atoms with Gasteiger partial charge in [0.25, 0.3) is 0 Å². The number of nitrogens with one attached hydrogen (secondary N) is 3. The van der Waals surface area contributed by atoms with E-state index in [0.29, 0.717) is 18.8 Å². The normalized spacial score (nSPS) is 16.0. The molecule has 0 bridgehead atoms. The van der Waals surface area contributed by atoms with Gasteiger partial charge in [0.05, 0.1) is 0 Å². The zero-order valence-electron chi connectivity index (χ0n) is 15.1. The zero-order chi connectivity index (χ0) is 18.6. The lowest BCUT2D eigenvalue weighted by atomic mass is 9.95. The SMILES string of the molecule is CS(=O)(=O)C1(C(=O)Nc2ccc(Nc3ccccc3)cc2)CCNCC1.Cl. The van der Waals surface area contributed by atoms with Crippen LogP contribution in [0.4, 0.5) is 17.1 Å². The fourth-order valence-corrected chi connectivity index (χ4v) is 4.50. The highest BCUT2D eigenvalue weighted by Crippen LogP contribution is 2.29. The third-order valence-corrected chi connectivity index (χ3v) is 6.75. The molecule has 0 spiro atoms. The van der Waals surface area contributed by atoms with Crippen LogP contribution in [0.3, 0.4) is 0 Å². The highest BCUT2D eigenvalue weighted by molar-refractivity contribution is 7.92. The van der Waals surface area contributed by atoms with Gasteiger partial charge < -0.3 is 16.0 Å². The van der Waals surface area contributed by atoms with E-state index in [9.17, 15) is 13.2 Å². The summed E-state index contributed by atoms with van der Waals surface area (Å²) in [5.41, 5.74) is 2.43. The first kappa shape index (κ1) is 21.2. The summed E-state index contributed by atoms with van der Waals surface area (Å²) in [5, 5.41) is 9.15. The van der Waals surface area contributed by atoms with E-state index in [4.69, 9.17) is 0 Å². The number of sulfone groups is 1. The summed E-state index contributed by atoms with van der Waals surface area (Å²) < 4.78 is 23.2. The fraction of sp³-hybridized carbons (Fsp3) is 0.316. The molecular formula is C19H24ClN3O3S. The lowest BCUT2D eigenvalue weighted by Gasteiger charge is -2.34. The van der Waals surface area contributed by atoms with Crippen molar-refractivity contribution in [2.24, 2.45) is 0 Å². The highest BCUT2D eigenvalue weighted by atomic mass is 35.5. The number of benzene rings is 2. The maximum Gasteiger partial charge on any atom is 0.245 e. The molecule has 3 rings (SSSR count). The molecule has 0 aromatic heterocycles. The molecule has 1 aliphatic heterocycles. The first-order valence-corrected chi connectivity index (χ1v) is 10.4. The Kier molecular flexibility index (Phi) is 6.86. The molecular weight excluding hydrogens is 386 g/mol. The summed E-state index contributed by atoms with van der Waals surface area (Å²) in [6.45, 7) is 1.03. The van der Waals surface area contributed by atoms with E-state index in [1.807, 2.05) is 42.5 Å². The smallest absolute Gasteiger partial charge is 0.245 e. The van der Waals surface area contributed by atoms with Crippen molar-refractivity contribution in [1.82, 2.24) is 5.32 Å². The van der Waals surface area contributed by atoms with Gasteiger partial charge in [-0.25, -0.2) is 8.42 Å². The number of anilines is 3. The van der Waals surface area contributed by atoms with Gasteiger partial charge in [0, 0.05) is 23.3 Å². The van der Waals surface area contributed by atoms with Gasteiger partial charge in [-0.3, -0.25) is 4.79 Å². The second-order valence-electron chi connectivity index (χ2n) is 6.54. The minimum Gasteiger partial charge on any atom is -0.356 e. The van der Waals surface area contributed by atoms with Gasteiger partial charge in [-0.1, -0.05) is 18.2 Å². The molecule has 0 radical (unpaired) electrons. The monoisotopic (exact) mass is 409 g/mol. The molecule has 2 aromatic carbocycles. The van der Waals surface area contributed by atoms with Gasteiger partial charge in [-0.15, -0.1) is 12.4 Å². The quantitative estimate of drug-likeness (QED) is 0.706. The van der Waals surface area contributed by atoms with E-state index in [1.54, 1.807) is 12.1 Å². The number of halogens is 1. The molecule has 0 unspecified atom stereocenters. The Morgan fingerprint density at radius 1 is 0.926 bits per heavy atom. The van der Waals surface area contributed by atoms with Crippen LogP contribution >= 0.6 is 12.4 Å². The van der Waals surface area contributed by atoms with Crippen LogP contribution in [0, 0.1) is 0 Å². The Morgan fingerprint density at radius 3 is 2.00 bits per heavy atom. The number of hydrogen-bond donors (Lipinski definition) is 3. The summed E-state index contributed by atoms with van der Waals surface area (Å²) in [4.78, 5) is 12.8. The molecule has 1 heterocycles. The summed E-state index contributed by atoms with van der Waals surface area (Å²) >= 11 is 0. The van der Waals surface area contributed by atoms with E-state index in [-0.39, 0.29) is 25.2 Å². The number of amides is 1. The predicted molar refractivity (Wildman–Crippen MR) is 112 cm³/mol. The molecule has 1 saturated heterocycles. The third kappa shape index (κ3) is 4.80. The Hall–Kier alpha value is -2.09. The van der Waals surface area contributed by atoms with Crippen molar-refractivity contribution in [3.05, 3.63) is 54.6 Å². The van der Waals surface area contributed by atoms with Crippen LogP contribution in [-0.2, 0) is 14.6 Å². The number of hydrogen-bond acceptors (Lipinski definition) is 5. The minimum atomic E-state index is -3.52. The molecule has 0 atom stereocenters. The molecule has 1 fully saturated rings. The second kappa shape index (κ2) is 8.73. The summed E-state index contributed by atoms with van der Waals surface area (Å²) in [7, 11) is -3.52. The number of rotatable bonds is 5. The standard InChI is InChI=1S/C19H23N3O3S.ClH/c1-26(24,25)19(11-13-20-14-12-19)18(23)22-17-9-7-16(8-10-17)21-15-5-3-2-4-6-15;/h2-10,20-21H,11-14H2,1H3,(H,22,23);1H. The van der Waals surface area contributed by atoms with Crippen LogP contribution in [0.5, 0.6) is 0 Å². The van der Waals surface area contributed by atoms with E-state index >= 15 is 0 Å². The number of piperidine rings is 1. The molecule has 1 amide bonds. The van der Waals surface area contributed by atoms with Crippen molar-refractivity contribution in [3.63, 3.8) is 0 Å². The lowest BCUT2D eigenvalue weighted by molar-refractivity contribution is -0.119. The molecule has 0 saturated carbocycles. The van der Waals surface area contributed by atoms with Crippen molar-refractivity contribution in [1.29, 1.82) is 0 Å². The van der Waals surface area contributed by atoms with Crippen molar-refractivity contribution < 1.29 is 13.2 Å². The van der Waals surface area contributed by atoms with Gasteiger partial charge in [-0.2, -0.15) is 0 Å². The Balaban J connectivity index is 0.00000261. The molecule has 27 heavy (non-hydrogen) atoms. The Bertz CT molecular complexity index is 865. The van der Waals surface area contributed by atoms with Crippen LogP contribution in [0.2, 0.25) is 0 Å². The average molecular weight is 410 g/mol. The summed E-state index contributed by atoms with van der Waals surface area (Å²) in [5.74, 6) is -0.453. The maximum atomic E-state index is 12.8. The Labute approximate surface area is 166 Å². The van der Waals surface area contributed by atoms with Crippen LogP contribution in [-0.4, -0.2) is 38.4 Å². The number of para-hydroxylation sites is 1. The zero-order valence-corrected chi connectivity index (χ0v) is 16.7. The molecule has 8 heteroatoms. The second-order valence-corrected chi connectivity index (χ2v) is 8.86.